The van der Waals surface area contributed by atoms with Crippen LogP contribution in [0.3, 0.4) is 0 Å². The second kappa shape index (κ2) is 7.35. The molecule has 0 aliphatic rings. The molecular weight excluding hydrogens is 270 g/mol. The Bertz CT molecular complexity index is 653. The molecule has 0 unspecified atom stereocenters. The lowest BCUT2D eigenvalue weighted by atomic mass is 10.2. The van der Waals surface area contributed by atoms with Crippen molar-refractivity contribution < 1.29 is 9.53 Å². The number of carbonyl (C=O) groups excluding carboxylic acids is 1. The highest BCUT2D eigenvalue weighted by atomic mass is 16.5. The van der Waals surface area contributed by atoms with Gasteiger partial charge in [-0.3, -0.25) is 14.6 Å². The quantitative estimate of drug-likeness (QED) is 0.782. The van der Waals surface area contributed by atoms with Crippen molar-refractivity contribution in [1.82, 2.24) is 15.3 Å². The maximum Gasteiger partial charge on any atom is 0.261 e. The molecule has 0 saturated carbocycles. The molecule has 0 atom stereocenters. The molecule has 1 amide bonds. The van der Waals surface area contributed by atoms with Gasteiger partial charge in [-0.25, -0.2) is 0 Å². The molecule has 21 heavy (non-hydrogen) atoms. The zero-order valence-electron chi connectivity index (χ0n) is 11.8. The first-order chi connectivity index (χ1) is 10.2. The summed E-state index contributed by atoms with van der Waals surface area (Å²) in [6.07, 6.45) is 1.64. The molecule has 0 spiro atoms. The first-order valence-corrected chi connectivity index (χ1v) is 6.73. The second-order valence-corrected chi connectivity index (χ2v) is 4.28. The second-order valence-electron chi connectivity index (χ2n) is 4.28. The van der Waals surface area contributed by atoms with E-state index in [9.17, 15) is 9.59 Å². The standard InChI is InChI=1S/C15H17N3O3/c1-2-21-10-9-17-14(19)11-6-7-13(18-15(11)20)12-5-3-4-8-16-12/h3-8H,2,9-10H2,1H3,(H,17,19)(H,18,20). The number of ether oxygens (including phenoxy) is 1. The minimum absolute atomic E-state index is 0.0752. The topological polar surface area (TPSA) is 84.1 Å². The molecule has 0 saturated heterocycles. The van der Waals surface area contributed by atoms with Gasteiger partial charge in [0.05, 0.1) is 18.0 Å². The Hall–Kier alpha value is -2.47. The van der Waals surface area contributed by atoms with Crippen LogP contribution in [0.1, 0.15) is 17.3 Å². The van der Waals surface area contributed by atoms with Gasteiger partial charge in [0.15, 0.2) is 0 Å². The number of aromatic nitrogens is 2. The molecule has 0 radical (unpaired) electrons. The van der Waals surface area contributed by atoms with Gasteiger partial charge < -0.3 is 15.0 Å². The maximum absolute atomic E-state index is 12.0. The highest BCUT2D eigenvalue weighted by Crippen LogP contribution is 2.11. The Kier molecular flexibility index (Phi) is 5.22. The van der Waals surface area contributed by atoms with Gasteiger partial charge in [-0.15, -0.1) is 0 Å². The number of nitrogens with zero attached hydrogens (tertiary/aromatic N) is 1. The van der Waals surface area contributed by atoms with Crippen molar-refractivity contribution in [2.75, 3.05) is 19.8 Å². The average Bonchev–Trinajstić information content (AvgIpc) is 2.52. The average molecular weight is 287 g/mol. The molecule has 2 rings (SSSR count). The Balaban J connectivity index is 2.09. The zero-order valence-corrected chi connectivity index (χ0v) is 11.8. The molecule has 0 aliphatic carbocycles. The van der Waals surface area contributed by atoms with Crippen LogP contribution in [-0.4, -0.2) is 35.6 Å². The van der Waals surface area contributed by atoms with Crippen LogP contribution < -0.4 is 10.9 Å². The number of rotatable bonds is 6. The number of nitrogens with one attached hydrogen (secondary N) is 2. The van der Waals surface area contributed by atoms with Crippen molar-refractivity contribution >= 4 is 5.91 Å². The van der Waals surface area contributed by atoms with Crippen LogP contribution in [-0.2, 0) is 4.74 Å². The lowest BCUT2D eigenvalue weighted by Gasteiger charge is -2.06. The Morgan fingerprint density at radius 2 is 2.19 bits per heavy atom. The lowest BCUT2D eigenvalue weighted by molar-refractivity contribution is 0.0921. The van der Waals surface area contributed by atoms with E-state index in [1.807, 2.05) is 13.0 Å². The SMILES string of the molecule is CCOCCNC(=O)c1ccc(-c2ccccn2)[nH]c1=O. The van der Waals surface area contributed by atoms with Crippen molar-refractivity contribution in [3.63, 3.8) is 0 Å². The summed E-state index contributed by atoms with van der Waals surface area (Å²) in [6.45, 7) is 3.26. The van der Waals surface area contributed by atoms with Gasteiger partial charge in [-0.05, 0) is 31.2 Å². The van der Waals surface area contributed by atoms with Gasteiger partial charge in [-0.1, -0.05) is 6.07 Å². The predicted molar refractivity (Wildman–Crippen MR) is 79.1 cm³/mol. The van der Waals surface area contributed by atoms with E-state index in [-0.39, 0.29) is 5.56 Å². The highest BCUT2D eigenvalue weighted by Gasteiger charge is 2.11. The Morgan fingerprint density at radius 1 is 1.33 bits per heavy atom. The summed E-state index contributed by atoms with van der Waals surface area (Å²) in [4.78, 5) is 30.7. The fourth-order valence-electron chi connectivity index (χ4n) is 1.80. The zero-order chi connectivity index (χ0) is 15.1. The molecular formula is C15H17N3O3. The van der Waals surface area contributed by atoms with Crippen LogP contribution in [0.2, 0.25) is 0 Å². The summed E-state index contributed by atoms with van der Waals surface area (Å²) in [5.41, 5.74) is 0.864. The van der Waals surface area contributed by atoms with Crippen LogP contribution in [0.15, 0.2) is 41.3 Å². The summed E-state index contributed by atoms with van der Waals surface area (Å²) in [7, 11) is 0. The van der Waals surface area contributed by atoms with E-state index in [0.717, 1.165) is 0 Å². The summed E-state index contributed by atoms with van der Waals surface area (Å²) in [6, 6.07) is 8.57. The normalized spacial score (nSPS) is 10.3. The van der Waals surface area contributed by atoms with E-state index in [1.54, 1.807) is 24.4 Å². The molecule has 0 fully saturated rings. The number of H-pyrrole nitrogens is 1. The van der Waals surface area contributed by atoms with Crippen molar-refractivity contribution in [2.24, 2.45) is 0 Å². The van der Waals surface area contributed by atoms with E-state index < -0.39 is 11.5 Å². The fourth-order valence-corrected chi connectivity index (χ4v) is 1.80. The maximum atomic E-state index is 12.0. The number of aromatic amines is 1. The van der Waals surface area contributed by atoms with Crippen molar-refractivity contribution in [1.29, 1.82) is 0 Å². The third-order valence-corrected chi connectivity index (χ3v) is 2.83. The molecule has 6 heteroatoms. The predicted octanol–water partition coefficient (Wildman–Crippen LogP) is 1.20. The summed E-state index contributed by atoms with van der Waals surface area (Å²) < 4.78 is 5.12. The van der Waals surface area contributed by atoms with Gasteiger partial charge in [0, 0.05) is 19.3 Å². The first kappa shape index (κ1) is 14.9. The summed E-state index contributed by atoms with van der Waals surface area (Å²) in [5.74, 6) is -0.413. The molecule has 2 N–H and O–H groups in total. The Morgan fingerprint density at radius 3 is 2.86 bits per heavy atom. The number of hydrogen-bond acceptors (Lipinski definition) is 4. The van der Waals surface area contributed by atoms with Crippen LogP contribution in [0, 0.1) is 0 Å². The van der Waals surface area contributed by atoms with Crippen molar-refractivity contribution in [3.05, 3.63) is 52.4 Å². The van der Waals surface area contributed by atoms with Crippen LogP contribution in [0.4, 0.5) is 0 Å². The number of carbonyl (C=O) groups is 1. The minimum atomic E-state index is -0.438. The van der Waals surface area contributed by atoms with Crippen molar-refractivity contribution in [2.45, 2.75) is 6.92 Å². The van der Waals surface area contributed by atoms with Gasteiger partial charge in [0.1, 0.15) is 5.56 Å². The van der Waals surface area contributed by atoms with E-state index in [4.69, 9.17) is 4.74 Å². The van der Waals surface area contributed by atoms with Gasteiger partial charge in [0.2, 0.25) is 0 Å². The van der Waals surface area contributed by atoms with E-state index in [2.05, 4.69) is 15.3 Å². The molecule has 2 aromatic heterocycles. The number of hydrogen-bond donors (Lipinski definition) is 2. The smallest absolute Gasteiger partial charge is 0.261 e. The van der Waals surface area contributed by atoms with E-state index in [1.165, 1.54) is 6.07 Å². The molecule has 110 valence electrons. The number of pyridine rings is 2. The molecule has 0 bridgehead atoms. The van der Waals surface area contributed by atoms with E-state index in [0.29, 0.717) is 31.1 Å². The molecule has 0 aliphatic heterocycles. The molecule has 2 heterocycles. The summed E-state index contributed by atoms with van der Waals surface area (Å²) in [5, 5.41) is 2.63. The van der Waals surface area contributed by atoms with Gasteiger partial charge in [0.25, 0.3) is 11.5 Å². The fraction of sp³-hybridized carbons (Fsp3) is 0.267. The third-order valence-electron chi connectivity index (χ3n) is 2.83. The van der Waals surface area contributed by atoms with Gasteiger partial charge in [-0.2, -0.15) is 0 Å². The minimum Gasteiger partial charge on any atom is -0.380 e. The molecule has 2 aromatic rings. The lowest BCUT2D eigenvalue weighted by Crippen LogP contribution is -2.32. The van der Waals surface area contributed by atoms with Crippen LogP contribution >= 0.6 is 0 Å². The van der Waals surface area contributed by atoms with E-state index >= 15 is 0 Å². The molecule has 6 nitrogen and oxygen atoms in total. The Labute approximate surface area is 122 Å². The largest absolute Gasteiger partial charge is 0.380 e. The van der Waals surface area contributed by atoms with Crippen molar-refractivity contribution in [3.8, 4) is 11.4 Å². The van der Waals surface area contributed by atoms with Crippen LogP contribution in [0.5, 0.6) is 0 Å². The highest BCUT2D eigenvalue weighted by molar-refractivity contribution is 5.94. The first-order valence-electron chi connectivity index (χ1n) is 6.73. The monoisotopic (exact) mass is 287 g/mol. The third kappa shape index (κ3) is 4.00. The van der Waals surface area contributed by atoms with Gasteiger partial charge >= 0.3 is 0 Å². The number of amides is 1. The molecule has 0 aromatic carbocycles. The van der Waals surface area contributed by atoms with Crippen LogP contribution in [0.25, 0.3) is 11.4 Å². The summed E-state index contributed by atoms with van der Waals surface area (Å²) >= 11 is 0.